The average Bonchev–Trinajstić information content (AvgIpc) is 0. The van der Waals surface area contributed by atoms with Crippen molar-refractivity contribution in [1.82, 2.24) is 0 Å². The molecule has 0 spiro atoms. The molecule has 0 amide bonds. The Balaban J connectivity index is 0. The van der Waals surface area contributed by atoms with Gasteiger partial charge in [0, 0.05) is 88.9 Å². The van der Waals surface area contributed by atoms with Crippen LogP contribution in [0.2, 0.25) is 0 Å². The molecule has 2 radical (unpaired) electrons. The van der Waals surface area contributed by atoms with Gasteiger partial charge in [-0.2, -0.15) is 0 Å². The van der Waals surface area contributed by atoms with E-state index in [9.17, 15) is 0 Å². The quantitative estimate of drug-likeness (QED) is 0.493. The number of hydrogen-bond donors (Lipinski definition) is 0. The zero-order chi connectivity index (χ0) is 0. The summed E-state index contributed by atoms with van der Waals surface area (Å²) < 4.78 is 0. The maximum absolute atomic E-state index is 0. The van der Waals surface area contributed by atoms with Gasteiger partial charge in [-0.3, -0.25) is 0 Å². The van der Waals surface area contributed by atoms with Crippen LogP contribution in [0.3, 0.4) is 0 Å². The van der Waals surface area contributed by atoms with E-state index in [0.29, 0.717) is 0 Å². The van der Waals surface area contributed by atoms with Gasteiger partial charge >= 0.3 is 0 Å². The molecule has 0 bridgehead atoms. The molecule has 0 saturated carbocycles. The maximum Gasteiger partial charge on any atom is 0.187 e. The number of rotatable bonds is 0. The van der Waals surface area contributed by atoms with Gasteiger partial charge in [0.05, 0.1) is 0 Å². The van der Waals surface area contributed by atoms with Gasteiger partial charge in [-0.15, -0.1) is 0 Å². The molecule has 0 nitrogen and oxygen atoms in total. The summed E-state index contributed by atoms with van der Waals surface area (Å²) >= 11 is 0. The van der Waals surface area contributed by atoms with Crippen LogP contribution >= 0.6 is 0 Å². The van der Waals surface area contributed by atoms with Crippen molar-refractivity contribution in [2.75, 3.05) is 0 Å². The van der Waals surface area contributed by atoms with Gasteiger partial charge in [-0.1, -0.05) is 0 Å². The van der Waals surface area contributed by atoms with Crippen LogP contribution in [-0.4, -0.2) is 17.4 Å². The Morgan fingerprint density at radius 2 is 1.00 bits per heavy atom. The van der Waals surface area contributed by atoms with Gasteiger partial charge in [-0.25, -0.2) is 0 Å². The Hall–Kier alpha value is 3.45. The summed E-state index contributed by atoms with van der Waals surface area (Å²) in [6, 6.07) is 0. The van der Waals surface area contributed by atoms with Gasteiger partial charge in [0.2, 0.25) is 0 Å². The van der Waals surface area contributed by atoms with Crippen LogP contribution in [-0.2, 0) is 88.9 Å². The third kappa shape index (κ3) is 18.6. The molecule has 0 heterocycles. The van der Waals surface area contributed by atoms with Crippen LogP contribution in [0.4, 0.5) is 0 Å². The van der Waals surface area contributed by atoms with Gasteiger partial charge < -0.3 is 0 Å². The molecule has 0 unspecified atom stereocenters. The fraction of sp³-hybridized carbons (Fsp3) is 0. The Morgan fingerprint density at radius 3 is 1.00 bits per heavy atom. The van der Waals surface area contributed by atoms with E-state index in [0.717, 1.165) is 0 Å². The van der Waals surface area contributed by atoms with E-state index < -0.39 is 0 Å². The monoisotopic (exact) mass is 312 g/mol. The van der Waals surface area contributed by atoms with Crippen molar-refractivity contribution in [2.24, 2.45) is 0 Å². The summed E-state index contributed by atoms with van der Waals surface area (Å²) in [7, 11) is 0. The zero-order valence-electron chi connectivity index (χ0n) is 1.89. The van der Waals surface area contributed by atoms with Gasteiger partial charge in [0.1, 0.15) is 0 Å². The van der Waals surface area contributed by atoms with Crippen molar-refractivity contribution in [2.45, 2.75) is 0 Å². The standard InChI is InChI=1S/Al.Nb.Ti.V.Zr.3H. The molecule has 0 saturated heterocycles. The predicted molar refractivity (Wildman–Crippen MR) is 9.94 cm³/mol. The minimum atomic E-state index is 0. The van der Waals surface area contributed by atoms with E-state index in [-0.39, 0.29) is 106 Å². The van der Waals surface area contributed by atoms with Crippen molar-refractivity contribution in [3.63, 3.8) is 0 Å². The molecule has 0 aromatic heterocycles. The maximum atomic E-state index is 0. The largest absolute Gasteiger partial charge is 0.187 e. The van der Waals surface area contributed by atoms with Crippen LogP contribution in [0, 0.1) is 0 Å². The van der Waals surface area contributed by atoms with Crippen LogP contribution < -0.4 is 0 Å². The Morgan fingerprint density at radius 1 is 1.00 bits per heavy atom. The Labute approximate surface area is 104 Å². The van der Waals surface area contributed by atoms with Crippen LogP contribution in [0.1, 0.15) is 0 Å². The molecular formula is H3AlNbTiVZr. The molecule has 5 heteroatoms. The first-order valence-corrected chi connectivity index (χ1v) is 0. The first kappa shape index (κ1) is 39.4. The normalized spacial score (nSPS) is 0. The van der Waals surface area contributed by atoms with Crippen molar-refractivity contribution in [3.8, 4) is 0 Å². The van der Waals surface area contributed by atoms with Crippen LogP contribution in [0.25, 0.3) is 0 Å². The predicted octanol–water partition coefficient (Wildman–Crippen LogP) is -1.19. The molecular weight excluding hydrogens is 310 g/mol. The minimum Gasteiger partial charge on any atom is 0 e. The molecule has 0 rings (SSSR count). The summed E-state index contributed by atoms with van der Waals surface area (Å²) in [6.07, 6.45) is 0. The van der Waals surface area contributed by atoms with Gasteiger partial charge in [0.15, 0.2) is 17.4 Å². The first-order valence-electron chi connectivity index (χ1n) is 0. The molecule has 0 aromatic rings. The third-order valence-corrected chi connectivity index (χ3v) is 0. The first-order chi connectivity index (χ1) is 0. The van der Waals surface area contributed by atoms with E-state index in [2.05, 4.69) is 0 Å². The van der Waals surface area contributed by atoms with Crippen molar-refractivity contribution in [1.29, 1.82) is 0 Å². The summed E-state index contributed by atoms with van der Waals surface area (Å²) in [5, 5.41) is 0. The summed E-state index contributed by atoms with van der Waals surface area (Å²) in [6.45, 7) is 0. The van der Waals surface area contributed by atoms with Crippen molar-refractivity contribution < 1.29 is 88.9 Å². The Kier molecular flexibility index (Phi) is 205. The van der Waals surface area contributed by atoms with E-state index in [4.69, 9.17) is 0 Å². The molecule has 0 fully saturated rings. The van der Waals surface area contributed by atoms with Crippen LogP contribution in [0.5, 0.6) is 0 Å². The average molecular weight is 313 g/mol. The van der Waals surface area contributed by atoms with Crippen molar-refractivity contribution >= 4 is 17.4 Å². The molecule has 0 aliphatic rings. The Bertz CT molecular complexity index is 11.6. The van der Waals surface area contributed by atoms with E-state index >= 15 is 0 Å². The molecule has 0 aliphatic carbocycles. The molecule has 0 N–H and O–H groups in total. The summed E-state index contributed by atoms with van der Waals surface area (Å²) in [4.78, 5) is 0. The second-order valence-electron chi connectivity index (χ2n) is 0. The molecule has 24 valence electrons. The van der Waals surface area contributed by atoms with Gasteiger partial charge in [-0.05, 0) is 0 Å². The summed E-state index contributed by atoms with van der Waals surface area (Å²) in [5.41, 5.74) is 0. The minimum absolute atomic E-state index is 0. The molecule has 0 atom stereocenters. The van der Waals surface area contributed by atoms with E-state index in [1.54, 1.807) is 0 Å². The SMILES string of the molecule is [AlH3].[Nb].[Ti].[V].[Zr]. The zero-order valence-corrected chi connectivity index (χ0v) is 9.51. The second kappa shape index (κ2) is 26.0. The van der Waals surface area contributed by atoms with E-state index in [1.807, 2.05) is 0 Å². The smallest absolute Gasteiger partial charge is 0 e. The second-order valence-corrected chi connectivity index (χ2v) is 0. The topological polar surface area (TPSA) is 0 Å². The summed E-state index contributed by atoms with van der Waals surface area (Å²) in [5.74, 6) is 0. The molecule has 5 heavy (non-hydrogen) atoms. The van der Waals surface area contributed by atoms with E-state index in [1.165, 1.54) is 0 Å². The van der Waals surface area contributed by atoms with Crippen LogP contribution in [0.15, 0.2) is 0 Å². The number of hydrogen-bond acceptors (Lipinski definition) is 0. The van der Waals surface area contributed by atoms with Gasteiger partial charge in [0.25, 0.3) is 0 Å². The fourth-order valence-corrected chi connectivity index (χ4v) is 0. The molecule has 0 aliphatic heterocycles. The third-order valence-electron chi connectivity index (χ3n) is 0. The molecule has 0 aromatic carbocycles. The fourth-order valence-electron chi connectivity index (χ4n) is 0. The van der Waals surface area contributed by atoms with Crippen molar-refractivity contribution in [3.05, 3.63) is 0 Å².